The van der Waals surface area contributed by atoms with Crippen LogP contribution in [0.4, 0.5) is 19.0 Å². The fourth-order valence-corrected chi connectivity index (χ4v) is 6.13. The SMILES string of the molecule is C#Cc1c(F)ccc2cc(O)cc(-c3[nH]c(=O)c4c(NCCO)nc(OC[C@@]56CCCN5C[C@H](F)C6)nc4c3F)c12. The normalized spacial score (nSPS) is 20.4. The number of hydrogen-bond acceptors (Lipinski definition) is 8. The zero-order valence-corrected chi connectivity index (χ0v) is 21.8. The quantitative estimate of drug-likeness (QED) is 0.251. The van der Waals surface area contributed by atoms with Gasteiger partial charge < -0.3 is 25.3 Å². The van der Waals surface area contributed by atoms with Gasteiger partial charge in [-0.3, -0.25) is 9.69 Å². The number of alkyl halides is 1. The van der Waals surface area contributed by atoms with Crippen molar-refractivity contribution in [2.75, 3.05) is 38.2 Å². The molecule has 2 aliphatic heterocycles. The molecule has 2 aromatic heterocycles. The third-order valence-electron chi connectivity index (χ3n) is 7.88. The first kappa shape index (κ1) is 26.9. The monoisotopic (exact) mass is 565 g/mol. The molecule has 12 heteroatoms. The van der Waals surface area contributed by atoms with E-state index < -0.39 is 34.4 Å². The molecular formula is C29H26F3N5O4. The van der Waals surface area contributed by atoms with Gasteiger partial charge in [0.1, 0.15) is 41.1 Å². The van der Waals surface area contributed by atoms with E-state index in [9.17, 15) is 23.8 Å². The van der Waals surface area contributed by atoms with Crippen molar-refractivity contribution < 1.29 is 28.1 Å². The Morgan fingerprint density at radius 2 is 2.10 bits per heavy atom. The number of benzene rings is 2. The molecule has 4 N–H and O–H groups in total. The van der Waals surface area contributed by atoms with Gasteiger partial charge in [0, 0.05) is 30.5 Å². The summed E-state index contributed by atoms with van der Waals surface area (Å²) < 4.78 is 51.2. The molecule has 0 aliphatic carbocycles. The Hall–Kier alpha value is -4.34. The van der Waals surface area contributed by atoms with Crippen molar-refractivity contribution in [2.24, 2.45) is 0 Å². The summed E-state index contributed by atoms with van der Waals surface area (Å²) in [4.78, 5) is 26.3. The number of pyridine rings is 1. The molecule has 2 saturated heterocycles. The van der Waals surface area contributed by atoms with Crippen molar-refractivity contribution in [3.8, 4) is 35.4 Å². The number of aliphatic hydroxyl groups excluding tert-OH is 1. The number of terminal acetylenes is 1. The van der Waals surface area contributed by atoms with Crippen LogP contribution in [0.1, 0.15) is 24.8 Å². The molecule has 9 nitrogen and oxygen atoms in total. The highest BCUT2D eigenvalue weighted by Crippen LogP contribution is 2.41. The van der Waals surface area contributed by atoms with Crippen LogP contribution >= 0.6 is 0 Å². The lowest BCUT2D eigenvalue weighted by Crippen LogP contribution is -2.43. The molecule has 2 fully saturated rings. The molecule has 0 saturated carbocycles. The lowest BCUT2D eigenvalue weighted by Gasteiger charge is -2.30. The number of aromatic hydroxyl groups is 1. The first-order valence-electron chi connectivity index (χ1n) is 13.2. The minimum absolute atomic E-state index is 0.00237. The zero-order chi connectivity index (χ0) is 28.9. The number of aromatic nitrogens is 3. The topological polar surface area (TPSA) is 124 Å². The van der Waals surface area contributed by atoms with E-state index in [1.54, 1.807) is 0 Å². The zero-order valence-electron chi connectivity index (χ0n) is 21.8. The summed E-state index contributed by atoms with van der Waals surface area (Å²) in [5.74, 6) is 0.204. The number of rotatable bonds is 7. The number of aromatic amines is 1. The number of anilines is 1. The Kier molecular flexibility index (Phi) is 6.71. The number of nitrogens with one attached hydrogen (secondary N) is 2. The lowest BCUT2D eigenvalue weighted by molar-refractivity contribution is 0.107. The van der Waals surface area contributed by atoms with Crippen LogP contribution in [0.15, 0.2) is 29.1 Å². The van der Waals surface area contributed by atoms with Gasteiger partial charge in [-0.25, -0.2) is 13.2 Å². The highest BCUT2D eigenvalue weighted by Gasteiger charge is 2.49. The van der Waals surface area contributed by atoms with Crippen molar-refractivity contribution in [3.63, 3.8) is 0 Å². The van der Waals surface area contributed by atoms with E-state index in [-0.39, 0.29) is 64.9 Å². The largest absolute Gasteiger partial charge is 0.508 e. The summed E-state index contributed by atoms with van der Waals surface area (Å²) in [6, 6.07) is 4.79. The molecule has 212 valence electrons. The molecule has 0 radical (unpaired) electrons. The van der Waals surface area contributed by atoms with E-state index in [1.807, 2.05) is 4.90 Å². The predicted molar refractivity (Wildman–Crippen MR) is 147 cm³/mol. The van der Waals surface area contributed by atoms with Gasteiger partial charge >= 0.3 is 6.01 Å². The molecule has 4 heterocycles. The molecule has 0 amide bonds. The van der Waals surface area contributed by atoms with E-state index in [1.165, 1.54) is 18.2 Å². The smallest absolute Gasteiger partial charge is 0.319 e. The van der Waals surface area contributed by atoms with Gasteiger partial charge in [-0.05, 0) is 43.0 Å². The highest BCUT2D eigenvalue weighted by atomic mass is 19.1. The number of phenols is 1. The van der Waals surface area contributed by atoms with Gasteiger partial charge in [-0.15, -0.1) is 6.42 Å². The average Bonchev–Trinajstić information content (AvgIpc) is 3.47. The second kappa shape index (κ2) is 10.2. The minimum Gasteiger partial charge on any atom is -0.508 e. The van der Waals surface area contributed by atoms with Crippen LogP contribution in [-0.2, 0) is 0 Å². The molecule has 2 aromatic carbocycles. The molecule has 2 aliphatic rings. The van der Waals surface area contributed by atoms with E-state index in [2.05, 4.69) is 26.2 Å². The van der Waals surface area contributed by atoms with E-state index in [0.29, 0.717) is 18.4 Å². The highest BCUT2D eigenvalue weighted by molar-refractivity contribution is 6.02. The van der Waals surface area contributed by atoms with Gasteiger partial charge in [0.2, 0.25) is 0 Å². The molecular weight excluding hydrogens is 539 g/mol. The van der Waals surface area contributed by atoms with Crippen LogP contribution in [0, 0.1) is 24.0 Å². The molecule has 41 heavy (non-hydrogen) atoms. The number of halogens is 3. The molecule has 4 aromatic rings. The average molecular weight is 566 g/mol. The molecule has 0 bridgehead atoms. The van der Waals surface area contributed by atoms with Gasteiger partial charge in [-0.2, -0.15) is 9.97 Å². The van der Waals surface area contributed by atoms with Crippen LogP contribution in [0.5, 0.6) is 11.8 Å². The second-order valence-electron chi connectivity index (χ2n) is 10.4. The Labute approximate surface area is 232 Å². The summed E-state index contributed by atoms with van der Waals surface area (Å²) in [6.45, 7) is 0.829. The number of phenolic OH excluding ortho intramolecular Hbond substituents is 1. The first-order valence-corrected chi connectivity index (χ1v) is 13.2. The van der Waals surface area contributed by atoms with Crippen LogP contribution in [-0.4, -0.2) is 74.6 Å². The van der Waals surface area contributed by atoms with E-state index in [4.69, 9.17) is 11.2 Å². The fourth-order valence-electron chi connectivity index (χ4n) is 6.13. The van der Waals surface area contributed by atoms with Gasteiger partial charge in [0.25, 0.3) is 5.56 Å². The summed E-state index contributed by atoms with van der Waals surface area (Å²) >= 11 is 0. The van der Waals surface area contributed by atoms with Crippen molar-refractivity contribution >= 4 is 27.5 Å². The Morgan fingerprint density at radius 1 is 1.27 bits per heavy atom. The second-order valence-corrected chi connectivity index (χ2v) is 10.4. The first-order chi connectivity index (χ1) is 19.7. The molecule has 6 rings (SSSR count). The summed E-state index contributed by atoms with van der Waals surface area (Å²) in [6.07, 6.45) is 6.51. The Morgan fingerprint density at radius 3 is 2.88 bits per heavy atom. The van der Waals surface area contributed by atoms with Crippen molar-refractivity contribution in [1.82, 2.24) is 19.9 Å². The van der Waals surface area contributed by atoms with E-state index in [0.717, 1.165) is 25.5 Å². The number of H-pyrrole nitrogens is 1. The van der Waals surface area contributed by atoms with Gasteiger partial charge in [0.15, 0.2) is 5.82 Å². The van der Waals surface area contributed by atoms with Crippen molar-refractivity contribution in [3.05, 3.63) is 51.8 Å². The molecule has 0 unspecified atom stereocenters. The maximum absolute atomic E-state index is 16.3. The van der Waals surface area contributed by atoms with Crippen LogP contribution in [0.2, 0.25) is 0 Å². The standard InChI is InChI=1S/C29H26F3N5O4/c1-2-18-20(31)5-4-15-10-17(39)11-19(21(15)18)24-23(32)25-22(27(40)34-24)26(33-7-9-38)36-28(35-25)41-14-29-6-3-8-37(29)13-16(30)12-29/h1,4-5,10-11,16,38-39H,3,6-9,12-14H2,(H,34,40)(H,33,35,36)/t16-,29+/m1/s1. The number of nitrogens with zero attached hydrogens (tertiary/aromatic N) is 3. The third-order valence-corrected chi connectivity index (χ3v) is 7.88. The Balaban J connectivity index is 1.52. The Bertz CT molecular complexity index is 1790. The van der Waals surface area contributed by atoms with Gasteiger partial charge in [-0.1, -0.05) is 12.0 Å². The fraction of sp³-hybridized carbons (Fsp3) is 0.345. The lowest BCUT2D eigenvalue weighted by atomic mass is 9.95. The van der Waals surface area contributed by atoms with Gasteiger partial charge in [0.05, 0.1) is 23.4 Å². The van der Waals surface area contributed by atoms with E-state index >= 15 is 4.39 Å². The maximum atomic E-state index is 16.3. The summed E-state index contributed by atoms with van der Waals surface area (Å²) in [7, 11) is 0. The third kappa shape index (κ3) is 4.51. The predicted octanol–water partition coefficient (Wildman–Crippen LogP) is 3.46. The number of aliphatic hydroxyl groups is 1. The molecule has 0 spiro atoms. The summed E-state index contributed by atoms with van der Waals surface area (Å²) in [5.41, 5.74) is -2.30. The molecule has 2 atom stereocenters. The van der Waals surface area contributed by atoms with Crippen LogP contribution < -0.4 is 15.6 Å². The minimum atomic E-state index is -0.997. The maximum Gasteiger partial charge on any atom is 0.319 e. The van der Waals surface area contributed by atoms with Crippen molar-refractivity contribution in [1.29, 1.82) is 0 Å². The van der Waals surface area contributed by atoms with Crippen LogP contribution in [0.25, 0.3) is 32.9 Å². The number of fused-ring (bicyclic) bond motifs is 3. The number of ether oxygens (including phenoxy) is 1. The number of hydrogen-bond donors (Lipinski definition) is 4. The van der Waals surface area contributed by atoms with Crippen LogP contribution in [0.3, 0.4) is 0 Å². The van der Waals surface area contributed by atoms with Crippen molar-refractivity contribution in [2.45, 2.75) is 31.0 Å². The summed E-state index contributed by atoms with van der Waals surface area (Å²) in [5, 5.41) is 22.7.